The van der Waals surface area contributed by atoms with Gasteiger partial charge in [-0.25, -0.2) is 18.6 Å². The quantitative estimate of drug-likeness (QED) is 0.870. The molecule has 0 spiro atoms. The Bertz CT molecular complexity index is 619. The molecule has 0 aliphatic rings. The number of aliphatic hydroxyl groups excluding tert-OH is 1. The fraction of sp³-hybridized carbons (Fsp3) is 0.231. The molecule has 5 nitrogen and oxygen atoms in total. The molecule has 0 bridgehead atoms. The van der Waals surface area contributed by atoms with Gasteiger partial charge in [0, 0.05) is 11.6 Å². The normalized spacial score (nSPS) is 10.6. The summed E-state index contributed by atoms with van der Waals surface area (Å²) >= 11 is 0. The molecule has 0 fully saturated rings. The molecule has 2 aromatic rings. The standard InChI is InChI=1S/C13H11F2NO4/c1-7-11(13(18)19-3-2-17)16-12(20-7)8-4-9(14)6-10(15)5-8/h4-6,17H,2-3H2,1H3. The molecule has 0 atom stereocenters. The van der Waals surface area contributed by atoms with E-state index in [1.54, 1.807) is 0 Å². The van der Waals surface area contributed by atoms with Gasteiger partial charge in [0.05, 0.1) is 6.61 Å². The number of hydrogen-bond acceptors (Lipinski definition) is 5. The SMILES string of the molecule is Cc1oc(-c2cc(F)cc(F)c2)nc1C(=O)OCCO. The molecule has 0 aliphatic carbocycles. The van der Waals surface area contributed by atoms with Gasteiger partial charge in [-0.2, -0.15) is 0 Å². The number of ether oxygens (including phenoxy) is 1. The van der Waals surface area contributed by atoms with Crippen molar-refractivity contribution < 1.29 is 27.8 Å². The van der Waals surface area contributed by atoms with E-state index in [0.717, 1.165) is 18.2 Å². The minimum absolute atomic E-state index is 0.0757. The van der Waals surface area contributed by atoms with Gasteiger partial charge in [0.25, 0.3) is 0 Å². The van der Waals surface area contributed by atoms with Gasteiger partial charge in [0.2, 0.25) is 5.89 Å². The maximum absolute atomic E-state index is 13.1. The Morgan fingerprint density at radius 1 is 1.35 bits per heavy atom. The van der Waals surface area contributed by atoms with Crippen LogP contribution in [0.5, 0.6) is 0 Å². The van der Waals surface area contributed by atoms with E-state index in [-0.39, 0.29) is 36.1 Å². The number of hydrogen-bond donors (Lipinski definition) is 1. The Morgan fingerprint density at radius 2 is 2.00 bits per heavy atom. The third-order valence-electron chi connectivity index (χ3n) is 2.42. The Balaban J connectivity index is 2.33. The summed E-state index contributed by atoms with van der Waals surface area (Å²) in [6, 6.07) is 2.80. The van der Waals surface area contributed by atoms with E-state index in [0.29, 0.717) is 0 Å². The van der Waals surface area contributed by atoms with Gasteiger partial charge in [0.1, 0.15) is 24.0 Å². The lowest BCUT2D eigenvalue weighted by Gasteiger charge is -1.98. The van der Waals surface area contributed by atoms with Crippen molar-refractivity contribution in [2.45, 2.75) is 6.92 Å². The smallest absolute Gasteiger partial charge is 0.360 e. The van der Waals surface area contributed by atoms with Gasteiger partial charge in [0.15, 0.2) is 5.69 Å². The maximum atomic E-state index is 13.1. The highest BCUT2D eigenvalue weighted by Crippen LogP contribution is 2.23. The number of esters is 1. The zero-order chi connectivity index (χ0) is 14.7. The first-order valence-electron chi connectivity index (χ1n) is 5.73. The van der Waals surface area contributed by atoms with E-state index < -0.39 is 17.6 Å². The van der Waals surface area contributed by atoms with Gasteiger partial charge < -0.3 is 14.3 Å². The predicted molar refractivity (Wildman–Crippen MR) is 64.0 cm³/mol. The number of aliphatic hydroxyl groups is 1. The summed E-state index contributed by atoms with van der Waals surface area (Å²) in [6.45, 7) is 0.987. The molecule has 0 amide bonds. The van der Waals surface area contributed by atoms with Crippen LogP contribution in [0.1, 0.15) is 16.2 Å². The third-order valence-corrected chi connectivity index (χ3v) is 2.42. The highest BCUT2D eigenvalue weighted by Gasteiger charge is 2.20. The number of aromatic nitrogens is 1. The highest BCUT2D eigenvalue weighted by molar-refractivity contribution is 5.88. The number of benzene rings is 1. The summed E-state index contributed by atoms with van der Waals surface area (Å²) in [6.07, 6.45) is 0. The van der Waals surface area contributed by atoms with Crippen LogP contribution in [-0.2, 0) is 4.74 Å². The third kappa shape index (κ3) is 3.00. The Morgan fingerprint density at radius 3 is 2.60 bits per heavy atom. The first-order valence-corrected chi connectivity index (χ1v) is 5.73. The molecule has 0 unspecified atom stereocenters. The molecule has 1 aromatic heterocycles. The van der Waals surface area contributed by atoms with E-state index in [4.69, 9.17) is 14.3 Å². The van der Waals surface area contributed by atoms with Crippen molar-refractivity contribution >= 4 is 5.97 Å². The summed E-state index contributed by atoms with van der Waals surface area (Å²) in [4.78, 5) is 15.5. The second kappa shape index (κ2) is 5.79. The van der Waals surface area contributed by atoms with Crippen LogP contribution in [0.3, 0.4) is 0 Å². The minimum atomic E-state index is -0.778. The van der Waals surface area contributed by atoms with Crippen molar-refractivity contribution in [1.29, 1.82) is 0 Å². The summed E-state index contributed by atoms with van der Waals surface area (Å²) in [5.41, 5.74) is -0.0232. The second-order valence-electron chi connectivity index (χ2n) is 3.94. The van der Waals surface area contributed by atoms with Crippen LogP contribution in [-0.4, -0.2) is 29.3 Å². The monoisotopic (exact) mass is 283 g/mol. The Labute approximate surface area is 112 Å². The number of oxazole rings is 1. The van der Waals surface area contributed by atoms with Crippen molar-refractivity contribution in [3.8, 4) is 11.5 Å². The summed E-state index contributed by atoms with van der Waals surface area (Å²) < 4.78 is 36.1. The van der Waals surface area contributed by atoms with Gasteiger partial charge in [-0.05, 0) is 19.1 Å². The molecule has 1 heterocycles. The number of halogens is 2. The molecule has 1 N–H and O–H groups in total. The molecule has 106 valence electrons. The maximum Gasteiger partial charge on any atom is 0.360 e. The van der Waals surface area contributed by atoms with Gasteiger partial charge >= 0.3 is 5.97 Å². The highest BCUT2D eigenvalue weighted by atomic mass is 19.1. The van der Waals surface area contributed by atoms with Crippen LogP contribution in [0, 0.1) is 18.6 Å². The van der Waals surface area contributed by atoms with Crippen molar-refractivity contribution in [3.63, 3.8) is 0 Å². The van der Waals surface area contributed by atoms with E-state index >= 15 is 0 Å². The minimum Gasteiger partial charge on any atom is -0.458 e. The van der Waals surface area contributed by atoms with E-state index in [9.17, 15) is 13.6 Å². The van der Waals surface area contributed by atoms with Crippen molar-refractivity contribution in [3.05, 3.63) is 41.3 Å². The summed E-state index contributed by atoms with van der Waals surface area (Å²) in [5, 5.41) is 8.57. The van der Waals surface area contributed by atoms with Crippen molar-refractivity contribution in [2.75, 3.05) is 13.2 Å². The van der Waals surface area contributed by atoms with E-state index in [2.05, 4.69) is 4.98 Å². The Kier molecular flexibility index (Phi) is 4.09. The number of carbonyl (C=O) groups is 1. The molecule has 0 aliphatic heterocycles. The molecule has 2 rings (SSSR count). The lowest BCUT2D eigenvalue weighted by atomic mass is 10.2. The number of carbonyl (C=O) groups excluding carboxylic acids is 1. The molecule has 0 radical (unpaired) electrons. The van der Waals surface area contributed by atoms with E-state index in [1.807, 2.05) is 0 Å². The average Bonchev–Trinajstić information content (AvgIpc) is 2.77. The van der Waals surface area contributed by atoms with Gasteiger partial charge in [-0.15, -0.1) is 0 Å². The van der Waals surface area contributed by atoms with Gasteiger partial charge in [-0.3, -0.25) is 0 Å². The zero-order valence-corrected chi connectivity index (χ0v) is 10.5. The second-order valence-corrected chi connectivity index (χ2v) is 3.94. The topological polar surface area (TPSA) is 72.6 Å². The van der Waals surface area contributed by atoms with Crippen LogP contribution in [0.2, 0.25) is 0 Å². The molecule has 20 heavy (non-hydrogen) atoms. The largest absolute Gasteiger partial charge is 0.458 e. The number of nitrogens with zero attached hydrogens (tertiary/aromatic N) is 1. The Hall–Kier alpha value is -2.28. The molecule has 0 saturated heterocycles. The molecule has 1 aromatic carbocycles. The van der Waals surface area contributed by atoms with Crippen LogP contribution in [0.25, 0.3) is 11.5 Å². The van der Waals surface area contributed by atoms with Crippen LogP contribution in [0.4, 0.5) is 8.78 Å². The summed E-state index contributed by atoms with van der Waals surface area (Å²) in [5.74, 6) is -2.26. The van der Waals surface area contributed by atoms with Crippen LogP contribution in [0.15, 0.2) is 22.6 Å². The average molecular weight is 283 g/mol. The summed E-state index contributed by atoms with van der Waals surface area (Å²) in [7, 11) is 0. The van der Waals surface area contributed by atoms with Crippen LogP contribution >= 0.6 is 0 Å². The zero-order valence-electron chi connectivity index (χ0n) is 10.5. The van der Waals surface area contributed by atoms with Crippen molar-refractivity contribution in [2.24, 2.45) is 0 Å². The van der Waals surface area contributed by atoms with Crippen LogP contribution < -0.4 is 0 Å². The molecular weight excluding hydrogens is 272 g/mol. The van der Waals surface area contributed by atoms with Crippen molar-refractivity contribution in [1.82, 2.24) is 4.98 Å². The fourth-order valence-electron chi connectivity index (χ4n) is 1.59. The number of rotatable bonds is 4. The predicted octanol–water partition coefficient (Wildman–Crippen LogP) is 2.08. The fourth-order valence-corrected chi connectivity index (χ4v) is 1.59. The van der Waals surface area contributed by atoms with Gasteiger partial charge in [-0.1, -0.05) is 0 Å². The first-order chi connectivity index (χ1) is 9.51. The first kappa shape index (κ1) is 14.1. The molecule has 0 saturated carbocycles. The van der Waals surface area contributed by atoms with E-state index in [1.165, 1.54) is 6.92 Å². The molecule has 7 heteroatoms. The lowest BCUT2D eigenvalue weighted by molar-refractivity contribution is 0.0426. The number of aryl methyl sites for hydroxylation is 1. The molecular formula is C13H11F2NO4. The lowest BCUT2D eigenvalue weighted by Crippen LogP contribution is -2.10.